The number of rotatable bonds is 4. The number of hydrogen-bond donors (Lipinski definition) is 1. The van der Waals surface area contributed by atoms with E-state index in [1.165, 1.54) is 12.1 Å². The molecule has 5 heteroatoms. The van der Waals surface area contributed by atoms with Crippen molar-refractivity contribution < 1.29 is 9.18 Å². The van der Waals surface area contributed by atoms with E-state index in [-0.39, 0.29) is 5.82 Å². The highest BCUT2D eigenvalue weighted by Gasteiger charge is 2.45. The smallest absolute Gasteiger partial charge is 0.210 e. The second-order valence-corrected chi connectivity index (χ2v) is 6.28. The van der Waals surface area contributed by atoms with Gasteiger partial charge in [0.25, 0.3) is 0 Å². The first-order valence-electron chi connectivity index (χ1n) is 8.32. The highest BCUT2D eigenvalue weighted by atomic mass is 19.1. The number of carbonyl (C=O) groups excluding carboxylic acids is 1. The Morgan fingerprint density at radius 3 is 2.36 bits per heavy atom. The quantitative estimate of drug-likeness (QED) is 0.739. The minimum Gasteiger partial charge on any atom is -0.346 e. The molecule has 1 N–H and O–H groups in total. The van der Waals surface area contributed by atoms with Gasteiger partial charge in [-0.05, 0) is 41.7 Å². The number of benzene rings is 2. The van der Waals surface area contributed by atoms with Gasteiger partial charge in [0, 0.05) is 18.9 Å². The maximum absolute atomic E-state index is 13.1. The molecule has 1 saturated heterocycles. The van der Waals surface area contributed by atoms with Gasteiger partial charge in [-0.2, -0.15) is 0 Å². The second-order valence-electron chi connectivity index (χ2n) is 6.28. The van der Waals surface area contributed by atoms with Gasteiger partial charge in [0.1, 0.15) is 17.2 Å². The maximum atomic E-state index is 13.1. The van der Waals surface area contributed by atoms with Crippen LogP contribution in [0.5, 0.6) is 0 Å². The molecule has 0 spiro atoms. The summed E-state index contributed by atoms with van der Waals surface area (Å²) in [6, 6.07) is 14.5. The topological polar surface area (TPSA) is 49.0 Å². The Morgan fingerprint density at radius 2 is 1.76 bits per heavy atom. The lowest BCUT2D eigenvalue weighted by atomic mass is 9.85. The summed E-state index contributed by atoms with van der Waals surface area (Å²) >= 11 is 0. The van der Waals surface area contributed by atoms with Crippen LogP contribution in [0.15, 0.2) is 60.9 Å². The van der Waals surface area contributed by atoms with Gasteiger partial charge >= 0.3 is 0 Å². The number of H-pyrrole nitrogens is 1. The molecule has 1 aromatic heterocycles. The van der Waals surface area contributed by atoms with Gasteiger partial charge in [-0.1, -0.05) is 36.4 Å². The summed E-state index contributed by atoms with van der Waals surface area (Å²) in [6.07, 6.45) is 6.16. The largest absolute Gasteiger partial charge is 0.346 e. The van der Waals surface area contributed by atoms with Crippen LogP contribution in [0, 0.1) is 5.82 Å². The molecule has 3 aromatic rings. The summed E-state index contributed by atoms with van der Waals surface area (Å²) in [5.74, 6) is 0.538. The average Bonchev–Trinajstić information content (AvgIpc) is 3.32. The Hall–Kier alpha value is -2.95. The third-order valence-electron chi connectivity index (χ3n) is 4.99. The molecule has 2 aromatic carbocycles. The predicted octanol–water partition coefficient (Wildman–Crippen LogP) is 3.71. The molecular weight excluding hydrogens is 317 g/mol. The van der Waals surface area contributed by atoms with E-state index < -0.39 is 5.54 Å². The standard InChI is InChI=1S/C20H18FN3O/c21-18-8-4-16(5-9-18)15-2-6-17(7-3-15)20(19-22-11-12-23-19)10-1-13-24(20)14-25/h2-9,11-12,14H,1,10,13H2,(H,22,23). The summed E-state index contributed by atoms with van der Waals surface area (Å²) in [6.45, 7) is 0.712. The summed E-state index contributed by atoms with van der Waals surface area (Å²) < 4.78 is 13.1. The van der Waals surface area contributed by atoms with Crippen LogP contribution in [0.25, 0.3) is 11.1 Å². The molecular formula is C20H18FN3O. The number of aromatic nitrogens is 2. The van der Waals surface area contributed by atoms with Crippen molar-refractivity contribution in [2.45, 2.75) is 18.4 Å². The van der Waals surface area contributed by atoms with E-state index in [0.717, 1.165) is 41.8 Å². The fraction of sp³-hybridized carbons (Fsp3) is 0.200. The molecule has 126 valence electrons. The average molecular weight is 335 g/mol. The summed E-state index contributed by atoms with van der Waals surface area (Å²) in [5.41, 5.74) is 2.44. The zero-order chi connectivity index (χ0) is 17.3. The minimum atomic E-state index is -0.549. The van der Waals surface area contributed by atoms with Crippen LogP contribution >= 0.6 is 0 Å². The summed E-state index contributed by atoms with van der Waals surface area (Å²) in [4.78, 5) is 21.1. The van der Waals surface area contributed by atoms with E-state index in [1.54, 1.807) is 24.5 Å². The number of hydrogen-bond acceptors (Lipinski definition) is 2. The molecule has 1 fully saturated rings. The van der Waals surface area contributed by atoms with Crippen molar-refractivity contribution >= 4 is 6.41 Å². The molecule has 4 nitrogen and oxygen atoms in total. The molecule has 0 radical (unpaired) electrons. The van der Waals surface area contributed by atoms with Crippen molar-refractivity contribution in [1.29, 1.82) is 0 Å². The van der Waals surface area contributed by atoms with Gasteiger partial charge in [0.15, 0.2) is 0 Å². The molecule has 1 unspecified atom stereocenters. The summed E-state index contributed by atoms with van der Waals surface area (Å²) in [5, 5.41) is 0. The van der Waals surface area contributed by atoms with E-state index in [4.69, 9.17) is 0 Å². The number of nitrogens with one attached hydrogen (secondary N) is 1. The molecule has 0 bridgehead atoms. The van der Waals surface area contributed by atoms with Gasteiger partial charge in [-0.3, -0.25) is 4.79 Å². The Kier molecular flexibility index (Phi) is 3.84. The van der Waals surface area contributed by atoms with Crippen molar-refractivity contribution in [3.63, 3.8) is 0 Å². The van der Waals surface area contributed by atoms with Crippen LogP contribution in [-0.4, -0.2) is 27.8 Å². The van der Waals surface area contributed by atoms with Gasteiger partial charge in [0.2, 0.25) is 6.41 Å². The van der Waals surface area contributed by atoms with Crippen LogP contribution in [-0.2, 0) is 10.3 Å². The summed E-state index contributed by atoms with van der Waals surface area (Å²) in [7, 11) is 0. The molecule has 1 amide bonds. The van der Waals surface area contributed by atoms with E-state index >= 15 is 0 Å². The number of carbonyl (C=O) groups is 1. The van der Waals surface area contributed by atoms with E-state index in [0.29, 0.717) is 6.54 Å². The highest BCUT2D eigenvalue weighted by molar-refractivity contribution is 5.64. The highest BCUT2D eigenvalue weighted by Crippen LogP contribution is 2.42. The van der Waals surface area contributed by atoms with Crippen LogP contribution in [0.2, 0.25) is 0 Å². The Morgan fingerprint density at radius 1 is 1.08 bits per heavy atom. The minimum absolute atomic E-state index is 0.246. The molecule has 1 atom stereocenters. The predicted molar refractivity (Wildman–Crippen MR) is 93.2 cm³/mol. The lowest BCUT2D eigenvalue weighted by molar-refractivity contribution is -0.121. The normalized spacial score (nSPS) is 20.0. The van der Waals surface area contributed by atoms with Gasteiger partial charge in [0.05, 0.1) is 0 Å². The molecule has 0 saturated carbocycles. The third kappa shape index (κ3) is 2.52. The van der Waals surface area contributed by atoms with Crippen molar-refractivity contribution in [2.24, 2.45) is 0 Å². The molecule has 1 aliphatic rings. The van der Waals surface area contributed by atoms with Crippen molar-refractivity contribution in [3.05, 3.63) is 78.1 Å². The number of amides is 1. The third-order valence-corrected chi connectivity index (χ3v) is 4.99. The van der Waals surface area contributed by atoms with Crippen molar-refractivity contribution in [2.75, 3.05) is 6.54 Å². The zero-order valence-corrected chi connectivity index (χ0v) is 13.7. The van der Waals surface area contributed by atoms with E-state index in [2.05, 4.69) is 9.97 Å². The van der Waals surface area contributed by atoms with Crippen LogP contribution in [0.4, 0.5) is 4.39 Å². The second kappa shape index (κ2) is 6.16. The number of imidazole rings is 1. The maximum Gasteiger partial charge on any atom is 0.210 e. The SMILES string of the molecule is O=CN1CCCC1(c1ccc(-c2ccc(F)cc2)cc1)c1ncc[nH]1. The van der Waals surface area contributed by atoms with Crippen LogP contribution < -0.4 is 0 Å². The Balaban J connectivity index is 1.76. The monoisotopic (exact) mass is 335 g/mol. The van der Waals surface area contributed by atoms with Crippen LogP contribution in [0.1, 0.15) is 24.2 Å². The first kappa shape index (κ1) is 15.6. The zero-order valence-electron chi connectivity index (χ0n) is 13.7. The molecule has 0 aliphatic carbocycles. The van der Waals surface area contributed by atoms with Gasteiger partial charge < -0.3 is 9.88 Å². The number of likely N-dealkylation sites (tertiary alicyclic amines) is 1. The first-order valence-corrected chi connectivity index (χ1v) is 8.32. The first-order chi connectivity index (χ1) is 12.2. The lowest BCUT2D eigenvalue weighted by Gasteiger charge is -2.35. The molecule has 4 rings (SSSR count). The Labute approximate surface area is 145 Å². The van der Waals surface area contributed by atoms with Crippen LogP contribution in [0.3, 0.4) is 0 Å². The molecule has 2 heterocycles. The molecule has 25 heavy (non-hydrogen) atoms. The Bertz CT molecular complexity index is 859. The van der Waals surface area contributed by atoms with Crippen molar-refractivity contribution in [3.8, 4) is 11.1 Å². The van der Waals surface area contributed by atoms with Gasteiger partial charge in [-0.25, -0.2) is 9.37 Å². The fourth-order valence-corrected chi connectivity index (χ4v) is 3.76. The van der Waals surface area contributed by atoms with Gasteiger partial charge in [-0.15, -0.1) is 0 Å². The van der Waals surface area contributed by atoms with Crippen molar-refractivity contribution in [1.82, 2.24) is 14.9 Å². The number of halogens is 1. The number of nitrogens with zero attached hydrogens (tertiary/aromatic N) is 2. The lowest BCUT2D eigenvalue weighted by Crippen LogP contribution is -2.42. The molecule has 1 aliphatic heterocycles. The fourth-order valence-electron chi connectivity index (χ4n) is 3.76. The number of aromatic amines is 1. The van der Waals surface area contributed by atoms with E-state index in [1.807, 2.05) is 29.2 Å². The van der Waals surface area contributed by atoms with E-state index in [9.17, 15) is 9.18 Å².